The van der Waals surface area contributed by atoms with Crippen molar-refractivity contribution >= 4 is 0 Å². The molecule has 110 valence electrons. The molecule has 2 aliphatic heterocycles. The lowest BCUT2D eigenvalue weighted by Gasteiger charge is -2.50. The van der Waals surface area contributed by atoms with Crippen LogP contribution in [0.4, 0.5) is 8.78 Å². The van der Waals surface area contributed by atoms with E-state index >= 15 is 0 Å². The lowest BCUT2D eigenvalue weighted by Crippen LogP contribution is -2.59. The number of hydrogen-bond acceptors (Lipinski definition) is 3. The molecule has 0 saturated carbocycles. The molecule has 2 saturated heterocycles. The van der Waals surface area contributed by atoms with Crippen LogP contribution in [0.3, 0.4) is 0 Å². The van der Waals surface area contributed by atoms with E-state index in [0.29, 0.717) is 31.6 Å². The Kier molecular flexibility index (Phi) is 3.31. The van der Waals surface area contributed by atoms with E-state index in [1.807, 2.05) is 7.05 Å². The highest BCUT2D eigenvalue weighted by Gasteiger charge is 2.46. The molecule has 3 rings (SSSR count). The van der Waals surface area contributed by atoms with Crippen molar-refractivity contribution in [1.82, 2.24) is 4.90 Å². The van der Waals surface area contributed by atoms with Crippen LogP contribution >= 0.6 is 0 Å². The van der Waals surface area contributed by atoms with Gasteiger partial charge in [0, 0.05) is 23.7 Å². The molecule has 1 N–H and O–H groups in total. The third-order valence-corrected chi connectivity index (χ3v) is 4.67. The molecule has 2 aliphatic rings. The van der Waals surface area contributed by atoms with Gasteiger partial charge in [-0.15, -0.1) is 0 Å². The molecular formula is C15H19F2NO2. The van der Waals surface area contributed by atoms with E-state index in [1.54, 1.807) is 6.92 Å². The molecule has 0 radical (unpaired) electrons. The van der Waals surface area contributed by atoms with Crippen LogP contribution in [-0.2, 0) is 10.3 Å². The summed E-state index contributed by atoms with van der Waals surface area (Å²) in [6, 6.07) is 2.44. The zero-order valence-electron chi connectivity index (χ0n) is 11.7. The first-order chi connectivity index (χ1) is 9.40. The molecule has 20 heavy (non-hydrogen) atoms. The molecule has 1 aromatic carbocycles. The molecule has 2 atom stereocenters. The number of hydrogen-bond donors (Lipinski definition) is 1. The summed E-state index contributed by atoms with van der Waals surface area (Å²) in [7, 11) is 2.00. The highest BCUT2D eigenvalue weighted by atomic mass is 19.1. The number of fused-ring (bicyclic) bond motifs is 2. The Morgan fingerprint density at radius 3 is 2.40 bits per heavy atom. The van der Waals surface area contributed by atoms with E-state index in [0.717, 1.165) is 6.07 Å². The number of aliphatic hydroxyl groups is 1. The molecular weight excluding hydrogens is 264 g/mol. The van der Waals surface area contributed by atoms with Crippen LogP contribution < -0.4 is 0 Å². The van der Waals surface area contributed by atoms with Gasteiger partial charge in [0.05, 0.1) is 18.8 Å². The number of morpholine rings is 1. The summed E-state index contributed by atoms with van der Waals surface area (Å²) in [5, 5.41) is 10.9. The van der Waals surface area contributed by atoms with E-state index in [1.165, 1.54) is 6.07 Å². The van der Waals surface area contributed by atoms with Gasteiger partial charge in [0.1, 0.15) is 11.6 Å². The summed E-state index contributed by atoms with van der Waals surface area (Å²) >= 11 is 0. The molecule has 1 aromatic rings. The van der Waals surface area contributed by atoms with Crippen LogP contribution in [0.2, 0.25) is 0 Å². The van der Waals surface area contributed by atoms with Gasteiger partial charge in [0.25, 0.3) is 0 Å². The van der Waals surface area contributed by atoms with Crippen molar-refractivity contribution in [2.45, 2.75) is 37.5 Å². The van der Waals surface area contributed by atoms with E-state index < -0.39 is 17.2 Å². The maximum atomic E-state index is 14.1. The van der Waals surface area contributed by atoms with E-state index in [2.05, 4.69) is 4.90 Å². The van der Waals surface area contributed by atoms with Gasteiger partial charge in [0.2, 0.25) is 0 Å². The fourth-order valence-electron chi connectivity index (χ4n) is 3.38. The highest BCUT2D eigenvalue weighted by Crippen LogP contribution is 2.41. The van der Waals surface area contributed by atoms with Crippen molar-refractivity contribution in [1.29, 1.82) is 0 Å². The van der Waals surface area contributed by atoms with Crippen molar-refractivity contribution in [2.24, 2.45) is 0 Å². The number of halogens is 2. The molecule has 2 bridgehead atoms. The zero-order chi connectivity index (χ0) is 14.5. The lowest BCUT2D eigenvalue weighted by molar-refractivity contribution is -0.138. The summed E-state index contributed by atoms with van der Waals surface area (Å²) in [4.78, 5) is 2.19. The van der Waals surface area contributed by atoms with Gasteiger partial charge in [-0.25, -0.2) is 8.78 Å². The predicted octanol–water partition coefficient (Wildman–Crippen LogP) is 1.95. The van der Waals surface area contributed by atoms with Gasteiger partial charge in [-0.2, -0.15) is 0 Å². The fourth-order valence-corrected chi connectivity index (χ4v) is 3.38. The monoisotopic (exact) mass is 283 g/mol. The Morgan fingerprint density at radius 2 is 1.80 bits per heavy atom. The second-order valence-electron chi connectivity index (χ2n) is 6.03. The number of aryl methyl sites for hydroxylation is 1. The van der Waals surface area contributed by atoms with Crippen molar-refractivity contribution in [2.75, 3.05) is 20.3 Å². The van der Waals surface area contributed by atoms with Crippen LogP contribution in [0.5, 0.6) is 0 Å². The first-order valence-corrected chi connectivity index (χ1v) is 6.89. The van der Waals surface area contributed by atoms with E-state index in [9.17, 15) is 13.9 Å². The molecule has 2 unspecified atom stereocenters. The minimum Gasteiger partial charge on any atom is -0.385 e. The summed E-state index contributed by atoms with van der Waals surface area (Å²) in [6.45, 7) is 2.66. The van der Waals surface area contributed by atoms with Crippen molar-refractivity contribution in [3.8, 4) is 0 Å². The average Bonchev–Trinajstić information content (AvgIpc) is 2.36. The van der Waals surface area contributed by atoms with Crippen molar-refractivity contribution in [3.63, 3.8) is 0 Å². The molecule has 0 aromatic heterocycles. The second-order valence-corrected chi connectivity index (χ2v) is 6.03. The number of ether oxygens (including phenoxy) is 1. The van der Waals surface area contributed by atoms with Crippen LogP contribution in [0, 0.1) is 18.6 Å². The third-order valence-electron chi connectivity index (χ3n) is 4.67. The molecule has 0 spiro atoms. The van der Waals surface area contributed by atoms with Crippen LogP contribution in [0.25, 0.3) is 0 Å². The summed E-state index contributed by atoms with van der Waals surface area (Å²) in [5.41, 5.74) is -0.676. The number of piperidine rings is 1. The quantitative estimate of drug-likeness (QED) is 0.855. The van der Waals surface area contributed by atoms with E-state index in [4.69, 9.17) is 4.74 Å². The Balaban J connectivity index is 1.99. The van der Waals surface area contributed by atoms with Gasteiger partial charge in [-0.3, -0.25) is 4.90 Å². The first-order valence-electron chi connectivity index (χ1n) is 6.89. The SMILES string of the molecule is Cc1cc(C2(O)CC3COCC(C2)N3C)c(F)cc1F. The lowest BCUT2D eigenvalue weighted by atomic mass is 9.76. The topological polar surface area (TPSA) is 32.7 Å². The minimum atomic E-state index is -1.24. The van der Waals surface area contributed by atoms with Crippen molar-refractivity contribution in [3.05, 3.63) is 34.9 Å². The van der Waals surface area contributed by atoms with Gasteiger partial charge in [0.15, 0.2) is 0 Å². The Bertz CT molecular complexity index is 521. The zero-order valence-corrected chi connectivity index (χ0v) is 11.7. The molecule has 2 fully saturated rings. The van der Waals surface area contributed by atoms with Crippen LogP contribution in [0.15, 0.2) is 12.1 Å². The van der Waals surface area contributed by atoms with Crippen LogP contribution in [0.1, 0.15) is 24.0 Å². The van der Waals surface area contributed by atoms with Gasteiger partial charge < -0.3 is 9.84 Å². The molecule has 2 heterocycles. The fraction of sp³-hybridized carbons (Fsp3) is 0.600. The summed E-state index contributed by atoms with van der Waals surface area (Å²) in [5.74, 6) is -1.24. The summed E-state index contributed by atoms with van der Waals surface area (Å²) in [6.07, 6.45) is 0.810. The second kappa shape index (κ2) is 4.76. The van der Waals surface area contributed by atoms with Crippen molar-refractivity contribution < 1.29 is 18.6 Å². The van der Waals surface area contributed by atoms with Gasteiger partial charge in [-0.05, 0) is 38.4 Å². The predicted molar refractivity (Wildman–Crippen MR) is 70.4 cm³/mol. The molecule has 3 nitrogen and oxygen atoms in total. The Hall–Kier alpha value is -1.04. The molecule has 0 aliphatic carbocycles. The number of likely N-dealkylation sites (N-methyl/N-ethyl adjacent to an activating group) is 1. The number of nitrogens with zero attached hydrogens (tertiary/aromatic N) is 1. The highest BCUT2D eigenvalue weighted by molar-refractivity contribution is 5.31. The Morgan fingerprint density at radius 1 is 1.20 bits per heavy atom. The van der Waals surface area contributed by atoms with E-state index in [-0.39, 0.29) is 17.6 Å². The van der Waals surface area contributed by atoms with Gasteiger partial charge in [-0.1, -0.05) is 0 Å². The molecule has 5 heteroatoms. The standard InChI is InChI=1S/C15H19F2NO2/c1-9-3-12(14(17)4-13(9)16)15(19)5-10-7-20-8-11(6-15)18(10)2/h3-4,10-11,19H,5-8H2,1-2H3. The average molecular weight is 283 g/mol. The largest absolute Gasteiger partial charge is 0.385 e. The Labute approximate surface area is 117 Å². The first kappa shape index (κ1) is 13.9. The van der Waals surface area contributed by atoms with Gasteiger partial charge >= 0.3 is 0 Å². The van der Waals surface area contributed by atoms with Crippen LogP contribution in [-0.4, -0.2) is 42.4 Å². The normalized spacial score (nSPS) is 34.2. The maximum Gasteiger partial charge on any atom is 0.132 e. The smallest absolute Gasteiger partial charge is 0.132 e. The molecule has 0 amide bonds. The maximum absolute atomic E-state index is 14.1. The summed E-state index contributed by atoms with van der Waals surface area (Å²) < 4.78 is 33.0. The number of benzene rings is 1. The third kappa shape index (κ3) is 2.14. The number of rotatable bonds is 1. The minimum absolute atomic E-state index is 0.0669.